The van der Waals surface area contributed by atoms with Gasteiger partial charge in [-0.15, -0.1) is 0 Å². The molecule has 2 aliphatic heterocycles. The summed E-state index contributed by atoms with van der Waals surface area (Å²) in [4.78, 5) is 37.4. The topological polar surface area (TPSA) is 102 Å². The van der Waals surface area contributed by atoms with E-state index in [9.17, 15) is 19.5 Å². The van der Waals surface area contributed by atoms with E-state index in [0.717, 1.165) is 0 Å². The number of carbonyl (C=O) groups is 3. The lowest BCUT2D eigenvalue weighted by atomic mass is 9.83. The first-order chi connectivity index (χ1) is 12.0. The van der Waals surface area contributed by atoms with Crippen LogP contribution in [0.1, 0.15) is 13.3 Å². The molecule has 0 aromatic carbocycles. The van der Waals surface area contributed by atoms with E-state index in [2.05, 4.69) is 13.2 Å². The minimum Gasteiger partial charge on any atom is -0.457 e. The molecule has 1 saturated heterocycles. The van der Waals surface area contributed by atoms with Gasteiger partial charge in [-0.05, 0) is 18.9 Å². The van der Waals surface area contributed by atoms with Crippen LogP contribution in [0.2, 0.25) is 0 Å². The molecule has 2 rings (SSSR count). The van der Waals surface area contributed by atoms with E-state index in [1.165, 1.54) is 17.1 Å². The van der Waals surface area contributed by atoms with Crippen molar-refractivity contribution in [3.63, 3.8) is 0 Å². The zero-order valence-corrected chi connectivity index (χ0v) is 14.0. The van der Waals surface area contributed by atoms with Gasteiger partial charge in [0, 0.05) is 0 Å². The van der Waals surface area contributed by atoms with Crippen LogP contribution in [0.4, 0.5) is 4.79 Å². The van der Waals surface area contributed by atoms with Crippen LogP contribution in [0, 0.1) is 5.92 Å². The molecule has 0 saturated carbocycles. The van der Waals surface area contributed by atoms with Gasteiger partial charge in [-0.3, -0.25) is 4.79 Å². The highest BCUT2D eigenvalue weighted by atomic mass is 16.7. The highest BCUT2D eigenvalue weighted by molar-refractivity contribution is 6.00. The van der Waals surface area contributed by atoms with E-state index < -0.39 is 24.1 Å². The number of ether oxygens (including phenoxy) is 3. The molecule has 25 heavy (non-hydrogen) atoms. The zero-order chi connectivity index (χ0) is 18.6. The normalized spacial score (nSPS) is 22.6. The molecule has 1 N–H and O–H groups in total. The summed E-state index contributed by atoms with van der Waals surface area (Å²) in [5.74, 6) is -1.65. The lowest BCUT2D eigenvalue weighted by molar-refractivity contribution is -0.162. The van der Waals surface area contributed by atoms with Crippen LogP contribution in [0.25, 0.3) is 0 Å². The molecule has 0 bridgehead atoms. The molecular weight excluding hydrogens is 330 g/mol. The predicted octanol–water partition coefficient (Wildman–Crippen LogP) is 0.920. The summed E-state index contributed by atoms with van der Waals surface area (Å²) in [7, 11) is 0. The molecule has 2 heterocycles. The summed E-state index contributed by atoms with van der Waals surface area (Å²) in [5, 5.41) is 9.49. The Hall–Kier alpha value is -2.61. The van der Waals surface area contributed by atoms with E-state index in [0.29, 0.717) is 12.0 Å². The summed E-state index contributed by atoms with van der Waals surface area (Å²) in [6.07, 6.45) is 1.51. The highest BCUT2D eigenvalue weighted by Gasteiger charge is 2.57. The third kappa shape index (κ3) is 3.58. The Balaban J connectivity index is 2.05. The summed E-state index contributed by atoms with van der Waals surface area (Å²) in [6, 6.07) is -0.358. The monoisotopic (exact) mass is 351 g/mol. The van der Waals surface area contributed by atoms with Crippen LogP contribution >= 0.6 is 0 Å². The highest BCUT2D eigenvalue weighted by Crippen LogP contribution is 2.44. The molecule has 0 radical (unpaired) electrons. The minimum absolute atomic E-state index is 0.00578. The van der Waals surface area contributed by atoms with Crippen molar-refractivity contribution in [1.29, 1.82) is 0 Å². The lowest BCUT2D eigenvalue weighted by Gasteiger charge is -2.45. The molecule has 1 amide bonds. The van der Waals surface area contributed by atoms with Crippen molar-refractivity contribution < 1.29 is 33.7 Å². The maximum atomic E-state index is 12.5. The average molecular weight is 351 g/mol. The Morgan fingerprint density at radius 2 is 1.96 bits per heavy atom. The van der Waals surface area contributed by atoms with Crippen molar-refractivity contribution in [2.45, 2.75) is 25.5 Å². The molecule has 0 aromatic rings. The molecule has 0 unspecified atom stereocenters. The lowest BCUT2D eigenvalue weighted by Crippen LogP contribution is -2.62. The number of nitrogens with zero attached hydrogens (tertiary/aromatic N) is 1. The van der Waals surface area contributed by atoms with Gasteiger partial charge in [0.05, 0.1) is 18.6 Å². The second-order valence-electron chi connectivity index (χ2n) is 5.68. The van der Waals surface area contributed by atoms with Crippen LogP contribution in [0.3, 0.4) is 0 Å². The number of β-lactam (4-membered cyclic amide) rings is 1. The molecule has 0 aromatic heterocycles. The molecule has 0 spiro atoms. The standard InChI is InChI=1S/C17H21NO7/c1-4-6-23-16(21)14-11(9-19)8-12-13(15(20)18(12)14)10(3)25-17(22)24-7-5-2/h4-5,10,12-13,19H,1-2,6-9H2,3H3/t10-,12-,13-/m1/s1. The third-order valence-electron chi connectivity index (χ3n) is 4.12. The van der Waals surface area contributed by atoms with Crippen LogP contribution in [-0.4, -0.2) is 60.0 Å². The van der Waals surface area contributed by atoms with E-state index in [-0.39, 0.29) is 37.5 Å². The number of hydrogen-bond donors (Lipinski definition) is 1. The van der Waals surface area contributed by atoms with Gasteiger partial charge in [0.1, 0.15) is 25.0 Å². The van der Waals surface area contributed by atoms with Gasteiger partial charge in [-0.1, -0.05) is 25.3 Å². The van der Waals surface area contributed by atoms with E-state index in [4.69, 9.17) is 14.2 Å². The number of amides is 1. The first kappa shape index (κ1) is 18.7. The summed E-state index contributed by atoms with van der Waals surface area (Å²) < 4.78 is 14.8. The maximum Gasteiger partial charge on any atom is 0.508 e. The van der Waals surface area contributed by atoms with E-state index >= 15 is 0 Å². The van der Waals surface area contributed by atoms with Crippen molar-refractivity contribution in [3.8, 4) is 0 Å². The van der Waals surface area contributed by atoms with Crippen LogP contribution in [0.5, 0.6) is 0 Å². The second kappa shape index (κ2) is 7.98. The molecule has 8 heteroatoms. The summed E-state index contributed by atoms with van der Waals surface area (Å²) in [5.41, 5.74) is 0.494. The number of hydrogen-bond acceptors (Lipinski definition) is 7. The Labute approximate surface area is 145 Å². The van der Waals surface area contributed by atoms with Gasteiger partial charge >= 0.3 is 12.1 Å². The first-order valence-electron chi connectivity index (χ1n) is 7.84. The first-order valence-corrected chi connectivity index (χ1v) is 7.84. The maximum absolute atomic E-state index is 12.5. The van der Waals surface area contributed by atoms with Gasteiger partial charge < -0.3 is 24.2 Å². The fourth-order valence-corrected chi connectivity index (χ4v) is 3.07. The Kier molecular flexibility index (Phi) is 5.97. The zero-order valence-electron chi connectivity index (χ0n) is 14.0. The van der Waals surface area contributed by atoms with Crippen LogP contribution in [-0.2, 0) is 23.8 Å². The summed E-state index contributed by atoms with van der Waals surface area (Å²) >= 11 is 0. The minimum atomic E-state index is -0.891. The van der Waals surface area contributed by atoms with Gasteiger partial charge in [-0.2, -0.15) is 0 Å². The smallest absolute Gasteiger partial charge is 0.457 e. The van der Waals surface area contributed by atoms with Gasteiger partial charge in [-0.25, -0.2) is 9.59 Å². The SMILES string of the molecule is C=CCOC(=O)O[C@H](C)[C@H]1C(=O)N2C(C(=O)OCC=C)=C(CO)C[C@H]12. The number of carbonyl (C=O) groups excluding carboxylic acids is 3. The molecule has 2 aliphatic rings. The molecule has 0 aliphatic carbocycles. The van der Waals surface area contributed by atoms with Crippen LogP contribution in [0.15, 0.2) is 36.6 Å². The fourth-order valence-electron chi connectivity index (χ4n) is 3.07. The number of fused-ring (bicyclic) bond motifs is 1. The molecular formula is C17H21NO7. The summed E-state index contributed by atoms with van der Waals surface area (Å²) in [6.45, 7) is 8.12. The Morgan fingerprint density at radius 1 is 1.32 bits per heavy atom. The molecule has 136 valence electrons. The number of rotatable bonds is 8. The predicted molar refractivity (Wildman–Crippen MR) is 86.1 cm³/mol. The van der Waals surface area contributed by atoms with Crippen LogP contribution < -0.4 is 0 Å². The van der Waals surface area contributed by atoms with E-state index in [1.54, 1.807) is 6.92 Å². The molecule has 3 atom stereocenters. The molecule has 8 nitrogen and oxygen atoms in total. The Bertz CT molecular complexity index is 624. The van der Waals surface area contributed by atoms with Crippen molar-refractivity contribution in [1.82, 2.24) is 4.90 Å². The third-order valence-corrected chi connectivity index (χ3v) is 4.12. The van der Waals surface area contributed by atoms with Gasteiger partial charge in [0.25, 0.3) is 0 Å². The second-order valence-corrected chi connectivity index (χ2v) is 5.68. The largest absolute Gasteiger partial charge is 0.508 e. The number of esters is 1. The average Bonchev–Trinajstić information content (AvgIpc) is 2.92. The number of aliphatic hydroxyl groups excluding tert-OH is 1. The van der Waals surface area contributed by atoms with Gasteiger partial charge in [0.2, 0.25) is 5.91 Å². The quantitative estimate of drug-likeness (QED) is 0.394. The van der Waals surface area contributed by atoms with Crippen molar-refractivity contribution in [3.05, 3.63) is 36.6 Å². The fraction of sp³-hybridized carbons (Fsp3) is 0.471. The molecule has 1 fully saturated rings. The van der Waals surface area contributed by atoms with Crippen molar-refractivity contribution in [2.24, 2.45) is 5.92 Å². The number of aliphatic hydroxyl groups is 1. The van der Waals surface area contributed by atoms with Crippen molar-refractivity contribution in [2.75, 3.05) is 19.8 Å². The van der Waals surface area contributed by atoms with Crippen molar-refractivity contribution >= 4 is 18.0 Å². The van der Waals surface area contributed by atoms with E-state index in [1.807, 2.05) is 0 Å². The Morgan fingerprint density at radius 3 is 2.56 bits per heavy atom. The van der Waals surface area contributed by atoms with Gasteiger partial charge in [0.15, 0.2) is 0 Å².